The predicted molar refractivity (Wildman–Crippen MR) is 113 cm³/mol. The summed E-state index contributed by atoms with van der Waals surface area (Å²) in [7, 11) is 0. The molecule has 0 aliphatic heterocycles. The van der Waals surface area contributed by atoms with Crippen molar-refractivity contribution in [1.82, 2.24) is 4.98 Å². The molecule has 0 saturated heterocycles. The fourth-order valence-corrected chi connectivity index (χ4v) is 3.96. The first kappa shape index (κ1) is 24.8. The van der Waals surface area contributed by atoms with Gasteiger partial charge < -0.3 is 14.9 Å². The summed E-state index contributed by atoms with van der Waals surface area (Å²) in [5.74, 6) is -3.01. The maximum atomic E-state index is 14.1. The third kappa shape index (κ3) is 4.90. The molecular weight excluding hydrogens is 489 g/mol. The van der Waals surface area contributed by atoms with Crippen LogP contribution >= 0.6 is 23.2 Å². The van der Waals surface area contributed by atoms with Gasteiger partial charge in [-0.3, -0.25) is 0 Å². The van der Waals surface area contributed by atoms with Gasteiger partial charge >= 0.3 is 12.3 Å². The molecule has 33 heavy (non-hydrogen) atoms. The summed E-state index contributed by atoms with van der Waals surface area (Å²) in [5, 5.41) is 19.1. The molecule has 2 atom stereocenters. The molecule has 0 aliphatic rings. The zero-order chi connectivity index (χ0) is 24.6. The first-order chi connectivity index (χ1) is 15.3. The maximum Gasteiger partial charge on any atom is 0.511 e. The Morgan fingerprint density at radius 1 is 1.06 bits per heavy atom. The normalized spacial score (nSPS) is 14.4. The summed E-state index contributed by atoms with van der Waals surface area (Å²) in [5.41, 5.74) is -3.22. The van der Waals surface area contributed by atoms with Gasteiger partial charge in [0.15, 0.2) is 17.2 Å². The summed E-state index contributed by atoms with van der Waals surface area (Å²) >= 11 is 12.0. The fourth-order valence-electron chi connectivity index (χ4n) is 3.44. The van der Waals surface area contributed by atoms with Crippen LogP contribution in [0.3, 0.4) is 0 Å². The lowest BCUT2D eigenvalue weighted by Gasteiger charge is -2.37. The number of hydrogen-bond donors (Lipinski definition) is 2. The van der Waals surface area contributed by atoms with Crippen molar-refractivity contribution < 1.29 is 37.3 Å². The number of halogens is 6. The lowest BCUT2D eigenvalue weighted by Crippen LogP contribution is -2.46. The summed E-state index contributed by atoms with van der Waals surface area (Å²) in [4.78, 5) is 14.2. The number of aromatic nitrogens is 1. The Morgan fingerprint density at radius 2 is 1.70 bits per heavy atom. The zero-order valence-corrected chi connectivity index (χ0v) is 18.2. The molecule has 0 spiro atoms. The van der Waals surface area contributed by atoms with E-state index in [2.05, 4.69) is 9.72 Å². The minimum Gasteiger partial charge on any atom is -0.449 e. The van der Waals surface area contributed by atoms with E-state index in [9.17, 15) is 27.5 Å². The van der Waals surface area contributed by atoms with Crippen LogP contribution in [0.5, 0.6) is 5.75 Å². The average Bonchev–Trinajstić information content (AvgIpc) is 2.73. The Kier molecular flexibility index (Phi) is 6.88. The molecule has 3 aromatic rings. The molecule has 0 amide bonds. The first-order valence-electron chi connectivity index (χ1n) is 9.26. The highest BCUT2D eigenvalue weighted by atomic mass is 35.5. The predicted octanol–water partition coefficient (Wildman–Crippen LogP) is 6.80. The van der Waals surface area contributed by atoms with Crippen LogP contribution in [0.1, 0.15) is 24.0 Å². The Hall–Kier alpha value is -2.88. The van der Waals surface area contributed by atoms with Gasteiger partial charge in [-0.05, 0) is 52.6 Å². The van der Waals surface area contributed by atoms with E-state index < -0.39 is 41.0 Å². The highest BCUT2D eigenvalue weighted by Gasteiger charge is 2.59. The summed E-state index contributed by atoms with van der Waals surface area (Å²) < 4.78 is 60.6. The van der Waals surface area contributed by atoms with Crippen molar-refractivity contribution >= 4 is 29.4 Å². The quantitative estimate of drug-likeness (QED) is 0.173. The van der Waals surface area contributed by atoms with Crippen molar-refractivity contribution in [2.45, 2.75) is 24.6 Å². The van der Waals surface area contributed by atoms with E-state index in [1.165, 1.54) is 31.2 Å². The molecule has 3 rings (SSSR count). The van der Waals surface area contributed by atoms with E-state index in [0.717, 1.165) is 30.5 Å². The first-order valence-corrected chi connectivity index (χ1v) is 10.0. The van der Waals surface area contributed by atoms with Gasteiger partial charge in [0, 0.05) is 17.1 Å². The Labute approximate surface area is 195 Å². The SMILES string of the molecule is CC(c1ccc(-c2ccc(OC(=O)O)c(F)c2)cc1Cl)C(O)(c1ccnc(Cl)c1)C(F)(F)F. The van der Waals surface area contributed by atoms with Crippen LogP contribution in [-0.2, 0) is 5.60 Å². The minimum absolute atomic E-state index is 0.0144. The van der Waals surface area contributed by atoms with Crippen molar-refractivity contribution in [2.75, 3.05) is 0 Å². The second-order valence-corrected chi connectivity index (χ2v) is 7.90. The molecular formula is C22H15Cl2F4NO4. The zero-order valence-electron chi connectivity index (χ0n) is 16.7. The van der Waals surface area contributed by atoms with Crippen LogP contribution in [0.15, 0.2) is 54.7 Å². The van der Waals surface area contributed by atoms with Crippen molar-refractivity contribution in [2.24, 2.45) is 0 Å². The number of hydrogen-bond acceptors (Lipinski definition) is 4. The molecule has 2 N–H and O–H groups in total. The van der Waals surface area contributed by atoms with E-state index >= 15 is 0 Å². The van der Waals surface area contributed by atoms with Gasteiger partial charge in [0.2, 0.25) is 0 Å². The molecule has 5 nitrogen and oxygen atoms in total. The number of carboxylic acid groups (broad SMARTS) is 1. The Morgan fingerprint density at radius 3 is 2.24 bits per heavy atom. The third-order valence-electron chi connectivity index (χ3n) is 5.15. The monoisotopic (exact) mass is 503 g/mol. The second-order valence-electron chi connectivity index (χ2n) is 7.10. The molecule has 2 unspecified atom stereocenters. The number of aliphatic hydroxyl groups is 1. The van der Waals surface area contributed by atoms with Gasteiger partial charge in [-0.15, -0.1) is 0 Å². The van der Waals surface area contributed by atoms with Crippen LogP contribution in [0.25, 0.3) is 11.1 Å². The topological polar surface area (TPSA) is 79.7 Å². The molecule has 11 heteroatoms. The summed E-state index contributed by atoms with van der Waals surface area (Å²) in [6.07, 6.45) is -5.71. The highest BCUT2D eigenvalue weighted by Crippen LogP contribution is 2.50. The van der Waals surface area contributed by atoms with Crippen LogP contribution in [-0.4, -0.2) is 27.5 Å². The summed E-state index contributed by atoms with van der Waals surface area (Å²) in [6.45, 7) is 1.17. The molecule has 1 aromatic heterocycles. The highest BCUT2D eigenvalue weighted by molar-refractivity contribution is 6.31. The number of benzene rings is 2. The van der Waals surface area contributed by atoms with Crippen molar-refractivity contribution in [3.8, 4) is 16.9 Å². The average molecular weight is 504 g/mol. The van der Waals surface area contributed by atoms with Crippen LogP contribution in [0.2, 0.25) is 10.2 Å². The lowest BCUT2D eigenvalue weighted by atomic mass is 9.77. The molecule has 0 bridgehead atoms. The minimum atomic E-state index is -5.08. The van der Waals surface area contributed by atoms with Crippen LogP contribution < -0.4 is 4.74 Å². The molecule has 2 aromatic carbocycles. The van der Waals surface area contributed by atoms with E-state index in [4.69, 9.17) is 28.3 Å². The van der Waals surface area contributed by atoms with E-state index in [-0.39, 0.29) is 21.3 Å². The summed E-state index contributed by atoms with van der Waals surface area (Å²) in [6, 6.07) is 9.41. The van der Waals surface area contributed by atoms with Crippen LogP contribution in [0.4, 0.5) is 22.4 Å². The molecule has 0 saturated carbocycles. The van der Waals surface area contributed by atoms with E-state index in [0.29, 0.717) is 5.56 Å². The largest absolute Gasteiger partial charge is 0.511 e. The van der Waals surface area contributed by atoms with Gasteiger partial charge in [-0.25, -0.2) is 14.2 Å². The Bertz CT molecular complexity index is 1210. The van der Waals surface area contributed by atoms with Crippen molar-refractivity contribution in [1.29, 1.82) is 0 Å². The number of nitrogens with zero attached hydrogens (tertiary/aromatic N) is 1. The van der Waals surface area contributed by atoms with Crippen LogP contribution in [0, 0.1) is 5.82 Å². The molecule has 0 radical (unpaired) electrons. The number of ether oxygens (including phenoxy) is 1. The second kappa shape index (κ2) is 9.17. The smallest absolute Gasteiger partial charge is 0.449 e. The maximum absolute atomic E-state index is 14.1. The third-order valence-corrected chi connectivity index (χ3v) is 5.69. The molecule has 174 valence electrons. The van der Waals surface area contributed by atoms with Gasteiger partial charge in [0.05, 0.1) is 0 Å². The number of alkyl halides is 3. The molecule has 0 fully saturated rings. The van der Waals surface area contributed by atoms with E-state index in [1.54, 1.807) is 0 Å². The number of carbonyl (C=O) groups is 1. The number of rotatable bonds is 5. The molecule has 0 aliphatic carbocycles. The van der Waals surface area contributed by atoms with Gasteiger partial charge in [-0.1, -0.05) is 48.3 Å². The van der Waals surface area contributed by atoms with Gasteiger partial charge in [0.25, 0.3) is 0 Å². The lowest BCUT2D eigenvalue weighted by molar-refractivity contribution is -0.274. The van der Waals surface area contributed by atoms with Gasteiger partial charge in [-0.2, -0.15) is 13.2 Å². The van der Waals surface area contributed by atoms with E-state index in [1.807, 2.05) is 0 Å². The fraction of sp³-hybridized carbons (Fsp3) is 0.182. The molecule has 1 heterocycles. The number of pyridine rings is 1. The van der Waals surface area contributed by atoms with Crippen molar-refractivity contribution in [3.05, 3.63) is 81.8 Å². The van der Waals surface area contributed by atoms with Gasteiger partial charge in [0.1, 0.15) is 5.15 Å². The Balaban J connectivity index is 2.02. The van der Waals surface area contributed by atoms with Crippen molar-refractivity contribution in [3.63, 3.8) is 0 Å². The standard InChI is InChI=1S/C22H15Cl2F4NO4/c1-11(21(32,22(26,27)28)14-6-7-29-19(24)10-14)15-4-2-12(8-16(15)23)13-3-5-18(17(25)9-13)33-20(30)31/h2-11,32H,1H3,(H,30,31).